The summed E-state index contributed by atoms with van der Waals surface area (Å²) in [5.74, 6) is 0.102. The van der Waals surface area contributed by atoms with Crippen molar-refractivity contribution in [2.45, 2.75) is 26.8 Å². The number of hydrogen-bond donors (Lipinski definition) is 0. The van der Waals surface area contributed by atoms with Crippen molar-refractivity contribution in [3.8, 4) is 11.5 Å². The van der Waals surface area contributed by atoms with Crippen molar-refractivity contribution in [2.75, 3.05) is 20.3 Å². The van der Waals surface area contributed by atoms with E-state index in [0.717, 1.165) is 0 Å². The molecule has 0 N–H and O–H groups in total. The number of carbonyl (C=O) groups excluding carboxylic acids is 1. The zero-order valence-electron chi connectivity index (χ0n) is 19.8. The minimum atomic E-state index is -0.801. The number of aromatic nitrogens is 1. The molecule has 0 aliphatic carbocycles. The number of methoxy groups -OCH3 is 1. The van der Waals surface area contributed by atoms with Crippen LogP contribution < -0.4 is 24.4 Å². The number of halogens is 1. The summed E-state index contributed by atoms with van der Waals surface area (Å²) in [6.45, 7) is 5.88. The van der Waals surface area contributed by atoms with Gasteiger partial charge in [0, 0.05) is 5.56 Å². The molecule has 1 aromatic heterocycles. The first-order chi connectivity index (χ1) is 16.9. The molecule has 1 aliphatic heterocycles. The van der Waals surface area contributed by atoms with Gasteiger partial charge in [0.15, 0.2) is 16.3 Å². The van der Waals surface area contributed by atoms with Crippen LogP contribution in [0.5, 0.6) is 11.5 Å². The second-order valence-electron chi connectivity index (χ2n) is 7.67. The number of benzene rings is 2. The summed E-state index contributed by atoms with van der Waals surface area (Å²) in [7, 11) is 1.55. The number of fused-ring (bicyclic) bond motifs is 1. The first kappa shape index (κ1) is 24.4. The average Bonchev–Trinajstić information content (AvgIpc) is 3.14. The largest absolute Gasteiger partial charge is 0.493 e. The van der Waals surface area contributed by atoms with Crippen LogP contribution in [0.4, 0.5) is 4.39 Å². The summed E-state index contributed by atoms with van der Waals surface area (Å²) < 4.78 is 32.0. The zero-order valence-corrected chi connectivity index (χ0v) is 20.6. The molecule has 0 unspecified atom stereocenters. The van der Waals surface area contributed by atoms with Crippen molar-refractivity contribution in [2.24, 2.45) is 4.99 Å². The van der Waals surface area contributed by atoms with E-state index < -0.39 is 17.8 Å². The summed E-state index contributed by atoms with van der Waals surface area (Å²) in [5.41, 5.74) is 1.61. The van der Waals surface area contributed by atoms with Crippen molar-refractivity contribution in [3.05, 3.63) is 90.4 Å². The third kappa shape index (κ3) is 4.64. The van der Waals surface area contributed by atoms with Gasteiger partial charge in [-0.1, -0.05) is 35.6 Å². The Morgan fingerprint density at radius 3 is 2.57 bits per heavy atom. The minimum absolute atomic E-state index is 0.173. The van der Waals surface area contributed by atoms with Crippen LogP contribution in [0.3, 0.4) is 0 Å². The van der Waals surface area contributed by atoms with Crippen LogP contribution in [-0.4, -0.2) is 30.9 Å². The summed E-state index contributed by atoms with van der Waals surface area (Å²) in [5, 5.41) is 0. The topological polar surface area (TPSA) is 79.1 Å². The van der Waals surface area contributed by atoms with Crippen LogP contribution >= 0.6 is 11.3 Å². The van der Waals surface area contributed by atoms with Crippen molar-refractivity contribution in [3.63, 3.8) is 0 Å². The Hall–Kier alpha value is -3.72. The molecule has 1 atom stereocenters. The predicted octanol–water partition coefficient (Wildman–Crippen LogP) is 3.34. The van der Waals surface area contributed by atoms with Gasteiger partial charge in [0.05, 0.1) is 42.2 Å². The molecule has 3 aromatic rings. The van der Waals surface area contributed by atoms with Crippen LogP contribution in [0.1, 0.15) is 37.9 Å². The molecule has 0 saturated heterocycles. The molecule has 2 aromatic carbocycles. The fourth-order valence-corrected chi connectivity index (χ4v) is 5.04. The number of ether oxygens (including phenoxy) is 3. The van der Waals surface area contributed by atoms with E-state index in [-0.39, 0.29) is 17.7 Å². The van der Waals surface area contributed by atoms with Gasteiger partial charge < -0.3 is 14.2 Å². The van der Waals surface area contributed by atoms with E-state index in [1.165, 1.54) is 28.0 Å². The van der Waals surface area contributed by atoms with Gasteiger partial charge in [0.2, 0.25) is 0 Å². The molecule has 9 heteroatoms. The van der Waals surface area contributed by atoms with Crippen molar-refractivity contribution >= 4 is 23.4 Å². The maximum Gasteiger partial charge on any atom is 0.338 e. The molecule has 0 fully saturated rings. The highest BCUT2D eigenvalue weighted by Gasteiger charge is 2.33. The average molecular weight is 497 g/mol. The summed E-state index contributed by atoms with van der Waals surface area (Å²) >= 11 is 1.20. The Balaban J connectivity index is 1.96. The van der Waals surface area contributed by atoms with Crippen LogP contribution in [0.25, 0.3) is 6.08 Å². The number of thiazole rings is 1. The monoisotopic (exact) mass is 496 g/mol. The molecule has 0 saturated carbocycles. The van der Waals surface area contributed by atoms with E-state index >= 15 is 0 Å². The molecule has 1 aliphatic rings. The summed E-state index contributed by atoms with van der Waals surface area (Å²) in [4.78, 5) is 31.6. The number of para-hydroxylation sites is 1. The number of rotatable bonds is 7. The van der Waals surface area contributed by atoms with Crippen molar-refractivity contribution < 1.29 is 23.4 Å². The highest BCUT2D eigenvalue weighted by molar-refractivity contribution is 7.07. The Morgan fingerprint density at radius 1 is 1.17 bits per heavy atom. The molecule has 0 radical (unpaired) electrons. The number of allylic oxidation sites excluding steroid dienone is 1. The lowest BCUT2D eigenvalue weighted by atomic mass is 9.96. The third-order valence-corrected chi connectivity index (χ3v) is 6.49. The lowest BCUT2D eigenvalue weighted by molar-refractivity contribution is -0.139. The molecule has 35 heavy (non-hydrogen) atoms. The Kier molecular flexibility index (Phi) is 7.16. The Morgan fingerprint density at radius 2 is 1.91 bits per heavy atom. The van der Waals surface area contributed by atoms with E-state index in [9.17, 15) is 14.0 Å². The van der Waals surface area contributed by atoms with Gasteiger partial charge in [0.25, 0.3) is 5.56 Å². The molecular formula is C26H25FN2O5S. The summed E-state index contributed by atoms with van der Waals surface area (Å²) in [6.07, 6.45) is 1.72. The van der Waals surface area contributed by atoms with E-state index in [1.54, 1.807) is 45.2 Å². The van der Waals surface area contributed by atoms with Gasteiger partial charge >= 0.3 is 5.97 Å². The van der Waals surface area contributed by atoms with E-state index in [2.05, 4.69) is 4.99 Å². The lowest BCUT2D eigenvalue weighted by Crippen LogP contribution is -2.39. The fourth-order valence-electron chi connectivity index (χ4n) is 4.00. The van der Waals surface area contributed by atoms with E-state index in [1.807, 2.05) is 19.1 Å². The second-order valence-corrected chi connectivity index (χ2v) is 8.67. The first-order valence-corrected chi connectivity index (χ1v) is 12.0. The van der Waals surface area contributed by atoms with E-state index in [4.69, 9.17) is 14.2 Å². The Labute approximate surface area is 205 Å². The van der Waals surface area contributed by atoms with Gasteiger partial charge in [-0.2, -0.15) is 0 Å². The maximum atomic E-state index is 13.7. The highest BCUT2D eigenvalue weighted by Crippen LogP contribution is 2.32. The van der Waals surface area contributed by atoms with Crippen LogP contribution in [0, 0.1) is 5.82 Å². The standard InChI is InChI=1S/C26H25FN2O5S/c1-5-33-23-17(8-7-9-19(23)32-4)14-20-24(30)29-22(16-10-12-18(27)13-11-16)21(25(31)34-6-2)15(3)28-26(29)35-20/h7-14,22H,5-6H2,1-4H3/b20-14-/t22-/m1/s1. The minimum Gasteiger partial charge on any atom is -0.493 e. The maximum absolute atomic E-state index is 13.7. The molecule has 0 spiro atoms. The molecule has 182 valence electrons. The van der Waals surface area contributed by atoms with Crippen LogP contribution in [0.15, 0.2) is 63.5 Å². The second kappa shape index (κ2) is 10.3. The molecule has 0 amide bonds. The molecule has 2 heterocycles. The van der Waals surface area contributed by atoms with Gasteiger partial charge in [0.1, 0.15) is 5.82 Å². The first-order valence-electron chi connectivity index (χ1n) is 11.1. The van der Waals surface area contributed by atoms with Crippen molar-refractivity contribution in [1.82, 2.24) is 4.57 Å². The van der Waals surface area contributed by atoms with Crippen LogP contribution in [0.2, 0.25) is 0 Å². The van der Waals surface area contributed by atoms with Crippen LogP contribution in [-0.2, 0) is 9.53 Å². The molecule has 7 nitrogen and oxygen atoms in total. The SMILES string of the molecule is CCOC(=O)C1=C(C)N=c2s/c(=C\c3cccc(OC)c3OCC)c(=O)n2[C@@H]1c1ccc(F)cc1. The normalized spacial score (nSPS) is 15.5. The number of carbonyl (C=O) groups is 1. The van der Waals surface area contributed by atoms with Gasteiger partial charge in [-0.05, 0) is 50.6 Å². The third-order valence-electron chi connectivity index (χ3n) is 5.51. The lowest BCUT2D eigenvalue weighted by Gasteiger charge is -2.24. The number of hydrogen-bond acceptors (Lipinski definition) is 7. The van der Waals surface area contributed by atoms with Gasteiger partial charge in [-0.3, -0.25) is 9.36 Å². The summed E-state index contributed by atoms with van der Waals surface area (Å²) in [6, 6.07) is 10.3. The molecule has 4 rings (SSSR count). The van der Waals surface area contributed by atoms with E-state index in [0.29, 0.717) is 44.3 Å². The zero-order chi connectivity index (χ0) is 25.1. The quantitative estimate of drug-likeness (QED) is 0.469. The van der Waals surface area contributed by atoms with Gasteiger partial charge in [-0.25, -0.2) is 14.2 Å². The number of nitrogens with zero attached hydrogens (tertiary/aromatic N) is 2. The van der Waals surface area contributed by atoms with Gasteiger partial charge in [-0.15, -0.1) is 0 Å². The predicted molar refractivity (Wildman–Crippen MR) is 131 cm³/mol. The number of esters is 1. The van der Waals surface area contributed by atoms with Crippen molar-refractivity contribution in [1.29, 1.82) is 0 Å². The smallest absolute Gasteiger partial charge is 0.338 e. The molecule has 0 bridgehead atoms. The molecular weight excluding hydrogens is 471 g/mol. The fraction of sp³-hybridized carbons (Fsp3) is 0.269. The highest BCUT2D eigenvalue weighted by atomic mass is 32.1. The Bertz CT molecular complexity index is 1470.